The number of carbonyl (C=O) groups is 1. The summed E-state index contributed by atoms with van der Waals surface area (Å²) in [5, 5.41) is 20.1. The standard InChI is InChI=1S/C22H33NO3S.C2H6/c1-3-17(16(2)10-6-4-5-7-13-21(25)26)14-15-19(24)22-23-18-11-8-9-12-20(18)27-22;1-2/h8-9,11-12,16-17,19,24H,3-7,10,13-15H2,1-2H3,(H,25,26);1-2H3/t16-,17?,19?;/m1./s1. The molecule has 1 aromatic carbocycles. The Balaban J connectivity index is 0.00000204. The van der Waals surface area contributed by atoms with Crippen molar-refractivity contribution in [3.8, 4) is 0 Å². The van der Waals surface area contributed by atoms with E-state index in [0.29, 0.717) is 11.8 Å². The fourth-order valence-corrected chi connectivity index (χ4v) is 4.74. The number of nitrogens with zero attached hydrogens (tertiary/aromatic N) is 1. The number of carboxylic acid groups (broad SMARTS) is 1. The highest BCUT2D eigenvalue weighted by Gasteiger charge is 2.19. The summed E-state index contributed by atoms with van der Waals surface area (Å²) in [6, 6.07) is 8.04. The van der Waals surface area contributed by atoms with Crippen LogP contribution in [0.3, 0.4) is 0 Å². The smallest absolute Gasteiger partial charge is 0.303 e. The molecule has 0 bridgehead atoms. The number of fused-ring (bicyclic) bond motifs is 1. The highest BCUT2D eigenvalue weighted by atomic mass is 32.1. The lowest BCUT2D eigenvalue weighted by Crippen LogP contribution is -2.12. The number of aliphatic carboxylic acids is 1. The number of hydrogen-bond acceptors (Lipinski definition) is 4. The molecule has 1 aromatic heterocycles. The normalized spacial score (nSPS) is 14.1. The minimum absolute atomic E-state index is 0.288. The number of para-hydroxylation sites is 1. The fraction of sp³-hybridized carbons (Fsp3) is 0.667. The van der Waals surface area contributed by atoms with Crippen LogP contribution in [0, 0.1) is 11.8 Å². The third kappa shape index (κ3) is 9.26. The summed E-state index contributed by atoms with van der Waals surface area (Å²) in [4.78, 5) is 15.1. The topological polar surface area (TPSA) is 70.4 Å². The lowest BCUT2D eigenvalue weighted by Gasteiger charge is -2.23. The Bertz CT molecular complexity index is 667. The van der Waals surface area contributed by atoms with Crippen molar-refractivity contribution in [1.29, 1.82) is 0 Å². The molecule has 3 atom stereocenters. The second kappa shape index (κ2) is 14.5. The lowest BCUT2D eigenvalue weighted by molar-refractivity contribution is -0.137. The monoisotopic (exact) mass is 421 g/mol. The van der Waals surface area contributed by atoms with Gasteiger partial charge in [0.1, 0.15) is 11.1 Å². The van der Waals surface area contributed by atoms with Crippen molar-refractivity contribution in [3.05, 3.63) is 29.3 Å². The molecule has 0 spiro atoms. The molecule has 0 aliphatic heterocycles. The van der Waals surface area contributed by atoms with Crippen LogP contribution in [0.4, 0.5) is 0 Å². The molecule has 2 N–H and O–H groups in total. The van der Waals surface area contributed by atoms with Gasteiger partial charge in [-0.05, 0) is 43.2 Å². The Morgan fingerprint density at radius 2 is 1.76 bits per heavy atom. The number of benzene rings is 1. The molecule has 0 fully saturated rings. The van der Waals surface area contributed by atoms with Gasteiger partial charge < -0.3 is 10.2 Å². The highest BCUT2D eigenvalue weighted by Crippen LogP contribution is 2.32. The number of hydrogen-bond donors (Lipinski definition) is 2. The van der Waals surface area contributed by atoms with Crippen molar-refractivity contribution >= 4 is 27.5 Å². The van der Waals surface area contributed by atoms with E-state index >= 15 is 0 Å². The zero-order valence-electron chi connectivity index (χ0n) is 18.6. The zero-order chi connectivity index (χ0) is 21.6. The number of aliphatic hydroxyl groups excluding tert-OH is 1. The van der Waals surface area contributed by atoms with Crippen molar-refractivity contribution in [1.82, 2.24) is 4.98 Å². The molecule has 2 rings (SSSR count). The highest BCUT2D eigenvalue weighted by molar-refractivity contribution is 7.18. The molecule has 164 valence electrons. The van der Waals surface area contributed by atoms with Gasteiger partial charge in [0, 0.05) is 6.42 Å². The summed E-state index contributed by atoms with van der Waals surface area (Å²) in [5.41, 5.74) is 0.972. The summed E-state index contributed by atoms with van der Waals surface area (Å²) in [5.74, 6) is 0.561. The molecule has 4 nitrogen and oxygen atoms in total. The van der Waals surface area contributed by atoms with Crippen LogP contribution in [0.2, 0.25) is 0 Å². The van der Waals surface area contributed by atoms with Crippen molar-refractivity contribution in [2.45, 2.75) is 91.6 Å². The zero-order valence-corrected chi connectivity index (χ0v) is 19.4. The van der Waals surface area contributed by atoms with Crippen LogP contribution in [0.25, 0.3) is 10.2 Å². The molecule has 2 unspecified atom stereocenters. The average molecular weight is 422 g/mol. The Morgan fingerprint density at radius 3 is 2.41 bits per heavy atom. The maximum absolute atomic E-state index is 10.6. The minimum atomic E-state index is -0.693. The first-order chi connectivity index (χ1) is 14.0. The van der Waals surface area contributed by atoms with E-state index in [1.807, 2.05) is 32.0 Å². The molecule has 0 aliphatic rings. The largest absolute Gasteiger partial charge is 0.481 e. The Morgan fingerprint density at radius 1 is 1.07 bits per heavy atom. The lowest BCUT2D eigenvalue weighted by atomic mass is 9.83. The summed E-state index contributed by atoms with van der Waals surface area (Å²) >= 11 is 1.59. The van der Waals surface area contributed by atoms with Gasteiger partial charge >= 0.3 is 5.97 Å². The van der Waals surface area contributed by atoms with Crippen LogP contribution < -0.4 is 0 Å². The molecule has 0 saturated carbocycles. The summed E-state index contributed by atoms with van der Waals surface area (Å²) in [7, 11) is 0. The van der Waals surface area contributed by atoms with Crippen molar-refractivity contribution in [2.75, 3.05) is 0 Å². The molecule has 29 heavy (non-hydrogen) atoms. The van der Waals surface area contributed by atoms with E-state index in [1.54, 1.807) is 11.3 Å². The van der Waals surface area contributed by atoms with Gasteiger partial charge in [-0.2, -0.15) is 0 Å². The molecule has 0 aliphatic carbocycles. The number of rotatable bonds is 13. The van der Waals surface area contributed by atoms with Crippen LogP contribution >= 0.6 is 11.3 Å². The van der Waals surface area contributed by atoms with E-state index < -0.39 is 12.1 Å². The van der Waals surface area contributed by atoms with Crippen LogP contribution in [-0.2, 0) is 4.79 Å². The molecule has 0 radical (unpaired) electrons. The number of aromatic nitrogens is 1. The molecular formula is C24H39NO3S. The van der Waals surface area contributed by atoms with Gasteiger partial charge in [0.2, 0.25) is 0 Å². The van der Waals surface area contributed by atoms with Gasteiger partial charge in [-0.25, -0.2) is 4.98 Å². The van der Waals surface area contributed by atoms with Crippen molar-refractivity contribution < 1.29 is 15.0 Å². The van der Waals surface area contributed by atoms with Gasteiger partial charge in [0.15, 0.2) is 0 Å². The van der Waals surface area contributed by atoms with Gasteiger partial charge in [-0.1, -0.05) is 71.9 Å². The molecule has 0 amide bonds. The van der Waals surface area contributed by atoms with Crippen LogP contribution in [0.5, 0.6) is 0 Å². The first-order valence-corrected chi connectivity index (χ1v) is 12.1. The SMILES string of the molecule is CC.CCC(CCC(O)c1nc2ccccc2s1)[C@H](C)CCCCCCC(=O)O. The van der Waals surface area contributed by atoms with E-state index in [9.17, 15) is 9.90 Å². The van der Waals surface area contributed by atoms with Gasteiger partial charge in [0.25, 0.3) is 0 Å². The maximum atomic E-state index is 10.6. The third-order valence-electron chi connectivity index (χ3n) is 5.54. The van der Waals surface area contributed by atoms with E-state index in [2.05, 4.69) is 24.9 Å². The number of unbranched alkanes of at least 4 members (excludes halogenated alkanes) is 3. The second-order valence-electron chi connectivity index (χ2n) is 7.61. The van der Waals surface area contributed by atoms with E-state index in [0.717, 1.165) is 60.2 Å². The van der Waals surface area contributed by atoms with Crippen LogP contribution in [0.1, 0.15) is 96.6 Å². The number of thiazole rings is 1. The fourth-order valence-electron chi connectivity index (χ4n) is 3.75. The van der Waals surface area contributed by atoms with Gasteiger partial charge in [0.05, 0.1) is 10.2 Å². The minimum Gasteiger partial charge on any atom is -0.481 e. The van der Waals surface area contributed by atoms with E-state index in [4.69, 9.17) is 5.11 Å². The number of carboxylic acids is 1. The molecule has 1 heterocycles. The Kier molecular flexibility index (Phi) is 12.8. The molecule has 5 heteroatoms. The summed E-state index contributed by atoms with van der Waals surface area (Å²) < 4.78 is 1.13. The second-order valence-corrected chi connectivity index (χ2v) is 8.67. The third-order valence-corrected chi connectivity index (χ3v) is 6.67. The van der Waals surface area contributed by atoms with E-state index in [-0.39, 0.29) is 6.42 Å². The summed E-state index contributed by atoms with van der Waals surface area (Å²) in [6.07, 6.45) is 7.99. The molecular weight excluding hydrogens is 382 g/mol. The van der Waals surface area contributed by atoms with Crippen molar-refractivity contribution in [2.24, 2.45) is 11.8 Å². The van der Waals surface area contributed by atoms with Gasteiger partial charge in [-0.3, -0.25) is 4.79 Å². The number of aliphatic hydroxyl groups is 1. The maximum Gasteiger partial charge on any atom is 0.303 e. The average Bonchev–Trinajstić information content (AvgIpc) is 3.16. The Hall–Kier alpha value is -1.46. The predicted molar refractivity (Wildman–Crippen MR) is 123 cm³/mol. The molecule has 0 saturated heterocycles. The van der Waals surface area contributed by atoms with Gasteiger partial charge in [-0.15, -0.1) is 11.3 Å². The van der Waals surface area contributed by atoms with Crippen LogP contribution in [-0.4, -0.2) is 21.2 Å². The molecule has 2 aromatic rings. The summed E-state index contributed by atoms with van der Waals surface area (Å²) in [6.45, 7) is 8.55. The first kappa shape index (κ1) is 25.6. The van der Waals surface area contributed by atoms with E-state index in [1.165, 1.54) is 6.42 Å². The van der Waals surface area contributed by atoms with Crippen LogP contribution in [0.15, 0.2) is 24.3 Å². The quantitative estimate of drug-likeness (QED) is 0.335. The predicted octanol–water partition coefficient (Wildman–Crippen LogP) is 7.22. The first-order valence-electron chi connectivity index (χ1n) is 11.3. The Labute approximate surface area is 180 Å². The van der Waals surface area contributed by atoms with Crippen molar-refractivity contribution in [3.63, 3.8) is 0 Å².